The van der Waals surface area contributed by atoms with Crippen molar-refractivity contribution in [2.75, 3.05) is 6.61 Å². The first-order chi connectivity index (χ1) is 7.77. The fraction of sp³-hybridized carbons (Fsp3) is 0.900. The van der Waals surface area contributed by atoms with E-state index >= 15 is 0 Å². The first kappa shape index (κ1) is 15.2. The van der Waals surface area contributed by atoms with E-state index in [4.69, 9.17) is 5.11 Å². The maximum atomic E-state index is 9.78. The van der Waals surface area contributed by atoms with Gasteiger partial charge in [-0.15, -0.1) is 0 Å². The first-order valence-electron chi connectivity index (χ1n) is 5.63. The van der Waals surface area contributed by atoms with E-state index in [0.29, 0.717) is 6.61 Å². The van der Waals surface area contributed by atoms with Crippen molar-refractivity contribution in [1.82, 2.24) is 0 Å². The number of hydrogen-bond donors (Lipinski definition) is 1. The van der Waals surface area contributed by atoms with Crippen molar-refractivity contribution in [3.05, 3.63) is 0 Å². The molecule has 0 aromatic rings. The van der Waals surface area contributed by atoms with Crippen molar-refractivity contribution in [3.63, 3.8) is 0 Å². The molecule has 0 amide bonds. The van der Waals surface area contributed by atoms with Gasteiger partial charge in [-0.25, -0.2) is 14.6 Å². The lowest BCUT2D eigenvalue weighted by molar-refractivity contribution is -0.618. The van der Waals surface area contributed by atoms with E-state index in [1.54, 1.807) is 0 Å². The van der Waals surface area contributed by atoms with E-state index in [1.807, 2.05) is 0 Å². The second-order valence-corrected chi connectivity index (χ2v) is 3.43. The van der Waals surface area contributed by atoms with Gasteiger partial charge in [0.2, 0.25) is 0 Å². The largest absolute Gasteiger partial charge is 0.540 e. The molecule has 0 spiro atoms. The normalized spacial score (nSPS) is 10.3. The van der Waals surface area contributed by atoms with Crippen LogP contribution in [0.2, 0.25) is 0 Å². The molecule has 16 heavy (non-hydrogen) atoms. The highest BCUT2D eigenvalue weighted by Crippen LogP contribution is 2.06. The van der Waals surface area contributed by atoms with E-state index in [2.05, 4.69) is 26.8 Å². The highest BCUT2D eigenvalue weighted by Gasteiger charge is 1.98. The molecule has 0 saturated heterocycles. The molecule has 0 aliphatic rings. The summed E-state index contributed by atoms with van der Waals surface area (Å²) in [6.45, 7) is 2.54. The van der Waals surface area contributed by atoms with Gasteiger partial charge in [0.05, 0.1) is 6.61 Å². The summed E-state index contributed by atoms with van der Waals surface area (Å²) in [4.78, 5) is 17.9. The number of hydrogen-bond acceptors (Lipinski definition) is 5. The number of unbranched alkanes of at least 4 members (excludes halogenated alkanes) is 6. The molecule has 0 bridgehead atoms. The fourth-order valence-electron chi connectivity index (χ4n) is 1.21. The van der Waals surface area contributed by atoms with Gasteiger partial charge >= 0.3 is 6.16 Å². The lowest BCUT2D eigenvalue weighted by Crippen LogP contribution is -2.04. The van der Waals surface area contributed by atoms with Crippen LogP contribution in [0.25, 0.3) is 0 Å². The lowest BCUT2D eigenvalue weighted by Gasteiger charge is -2.01. The van der Waals surface area contributed by atoms with Gasteiger partial charge < -0.3 is 5.11 Å². The fourth-order valence-corrected chi connectivity index (χ4v) is 1.21. The molecule has 0 unspecified atom stereocenters. The van der Waals surface area contributed by atoms with Crippen LogP contribution in [0.4, 0.5) is 4.79 Å². The third kappa shape index (κ3) is 13.2. The highest BCUT2D eigenvalue weighted by molar-refractivity contribution is 5.55. The van der Waals surface area contributed by atoms with Crippen LogP contribution in [0, 0.1) is 0 Å². The molecule has 0 fully saturated rings. The van der Waals surface area contributed by atoms with Crippen LogP contribution >= 0.6 is 0 Å². The van der Waals surface area contributed by atoms with E-state index in [1.165, 1.54) is 32.1 Å². The predicted molar refractivity (Wildman–Crippen MR) is 55.2 cm³/mol. The summed E-state index contributed by atoms with van der Waals surface area (Å²) < 4.78 is 0. The average molecular weight is 236 g/mol. The molecule has 0 heterocycles. The van der Waals surface area contributed by atoms with Crippen molar-refractivity contribution in [1.29, 1.82) is 0 Å². The van der Waals surface area contributed by atoms with E-state index in [-0.39, 0.29) is 0 Å². The molecule has 0 rings (SSSR count). The molecule has 0 aromatic carbocycles. The summed E-state index contributed by atoms with van der Waals surface area (Å²) in [5, 5.41) is 15.7. The number of carboxylic acid groups (broad SMARTS) is 1. The molecule has 6 heteroatoms. The van der Waals surface area contributed by atoms with Crippen LogP contribution in [-0.4, -0.2) is 17.9 Å². The Bertz CT molecular complexity index is 161. The SMILES string of the molecule is CCCCCCCCCOOOOC(=O)O. The summed E-state index contributed by atoms with van der Waals surface area (Å²) in [6, 6.07) is 0. The predicted octanol–water partition coefficient (Wildman–Crippen LogP) is 3.23. The van der Waals surface area contributed by atoms with Gasteiger partial charge in [-0.3, -0.25) is 0 Å². The molecule has 0 atom stereocenters. The van der Waals surface area contributed by atoms with Gasteiger partial charge in [0, 0.05) is 5.04 Å². The molecular formula is C10H20O6. The van der Waals surface area contributed by atoms with E-state index < -0.39 is 6.16 Å². The van der Waals surface area contributed by atoms with Crippen LogP contribution < -0.4 is 0 Å². The van der Waals surface area contributed by atoms with Gasteiger partial charge in [0.25, 0.3) is 0 Å². The number of rotatable bonds is 11. The number of carbonyl (C=O) groups is 1. The topological polar surface area (TPSA) is 74.2 Å². The Hall–Kier alpha value is -0.850. The Labute approximate surface area is 95.2 Å². The first-order valence-corrected chi connectivity index (χ1v) is 5.63. The summed E-state index contributed by atoms with van der Waals surface area (Å²) in [6.07, 6.45) is 6.57. The van der Waals surface area contributed by atoms with Crippen molar-refractivity contribution in [2.24, 2.45) is 0 Å². The van der Waals surface area contributed by atoms with Gasteiger partial charge in [-0.1, -0.05) is 45.4 Å². The van der Waals surface area contributed by atoms with Crippen molar-refractivity contribution < 1.29 is 29.8 Å². The van der Waals surface area contributed by atoms with Crippen molar-refractivity contribution >= 4 is 6.16 Å². The van der Waals surface area contributed by atoms with Crippen LogP contribution in [0.5, 0.6) is 0 Å². The minimum Gasteiger partial charge on any atom is -0.448 e. The monoisotopic (exact) mass is 236 g/mol. The molecule has 0 saturated carbocycles. The Morgan fingerprint density at radius 2 is 1.62 bits per heavy atom. The van der Waals surface area contributed by atoms with Crippen LogP contribution in [0.15, 0.2) is 0 Å². The van der Waals surface area contributed by atoms with Gasteiger partial charge in [0.1, 0.15) is 0 Å². The van der Waals surface area contributed by atoms with E-state index in [0.717, 1.165) is 12.8 Å². The smallest absolute Gasteiger partial charge is 0.448 e. The lowest BCUT2D eigenvalue weighted by atomic mass is 10.1. The standard InChI is InChI=1S/C10H20O6/c1-2-3-4-5-6-7-8-9-13-15-16-14-10(11)12/h2-9H2,1H3,(H,11,12). The van der Waals surface area contributed by atoms with Gasteiger partial charge in [-0.2, -0.15) is 0 Å². The molecule has 96 valence electrons. The Morgan fingerprint density at radius 1 is 1.00 bits per heavy atom. The molecule has 0 aliphatic carbocycles. The second kappa shape index (κ2) is 12.2. The van der Waals surface area contributed by atoms with Gasteiger partial charge in [-0.05, 0) is 11.5 Å². The third-order valence-corrected chi connectivity index (χ3v) is 2.01. The zero-order valence-electron chi connectivity index (χ0n) is 9.65. The Morgan fingerprint density at radius 3 is 2.25 bits per heavy atom. The third-order valence-electron chi connectivity index (χ3n) is 2.01. The molecule has 0 radical (unpaired) electrons. The summed E-state index contributed by atoms with van der Waals surface area (Å²) in [5.41, 5.74) is 0. The molecule has 6 nitrogen and oxygen atoms in total. The van der Waals surface area contributed by atoms with Gasteiger partial charge in [0.15, 0.2) is 0 Å². The summed E-state index contributed by atoms with van der Waals surface area (Å²) in [5.74, 6) is 0. The molecule has 1 N–H and O–H groups in total. The van der Waals surface area contributed by atoms with Crippen LogP contribution in [-0.2, 0) is 19.9 Å². The highest BCUT2D eigenvalue weighted by atomic mass is 17.7. The van der Waals surface area contributed by atoms with Crippen LogP contribution in [0.1, 0.15) is 51.9 Å². The van der Waals surface area contributed by atoms with E-state index in [9.17, 15) is 4.79 Å². The minimum absolute atomic E-state index is 0.358. The maximum absolute atomic E-state index is 9.78. The Kier molecular flexibility index (Phi) is 11.6. The zero-order valence-corrected chi connectivity index (χ0v) is 9.65. The van der Waals surface area contributed by atoms with Crippen molar-refractivity contribution in [2.45, 2.75) is 51.9 Å². The molecular weight excluding hydrogens is 216 g/mol. The maximum Gasteiger partial charge on any atom is 0.540 e. The summed E-state index contributed by atoms with van der Waals surface area (Å²) >= 11 is 0. The quantitative estimate of drug-likeness (QED) is 0.337. The minimum atomic E-state index is -1.58. The average Bonchev–Trinajstić information content (AvgIpc) is 2.25. The second-order valence-electron chi connectivity index (χ2n) is 3.43. The van der Waals surface area contributed by atoms with Crippen molar-refractivity contribution in [3.8, 4) is 0 Å². The molecule has 0 aromatic heterocycles. The Balaban J connectivity index is 2.90. The zero-order chi connectivity index (χ0) is 12.1. The molecule has 0 aliphatic heterocycles. The van der Waals surface area contributed by atoms with Crippen LogP contribution in [0.3, 0.4) is 0 Å². The summed E-state index contributed by atoms with van der Waals surface area (Å²) in [7, 11) is 0.